The first kappa shape index (κ1) is 10.6. The van der Waals surface area contributed by atoms with Gasteiger partial charge in [0.25, 0.3) is 0 Å². The van der Waals surface area contributed by atoms with E-state index in [0.29, 0.717) is 0 Å². The summed E-state index contributed by atoms with van der Waals surface area (Å²) in [5.74, 6) is 0.752. The Morgan fingerprint density at radius 2 is 2.11 bits per heavy atom. The smallest absolute Gasteiger partial charge is 0.0483 e. The highest BCUT2D eigenvalue weighted by atomic mass is 15.1. The highest BCUT2D eigenvalue weighted by molar-refractivity contribution is 5.89. The van der Waals surface area contributed by atoms with Crippen molar-refractivity contribution in [2.24, 2.45) is 7.05 Å². The highest BCUT2D eigenvalue weighted by Gasteiger charge is 2.35. The normalized spacial score (nSPS) is 27.4. The maximum absolute atomic E-state index is 2.57. The molecule has 4 rings (SSSR count). The second-order valence-electron chi connectivity index (χ2n) is 6.01. The van der Waals surface area contributed by atoms with Gasteiger partial charge in [0.05, 0.1) is 0 Å². The number of likely N-dealkylation sites (N-methyl/N-ethyl adjacent to an activating group) is 1. The molecule has 18 heavy (non-hydrogen) atoms. The van der Waals surface area contributed by atoms with Crippen LogP contribution in [0.25, 0.3) is 10.9 Å². The fraction of sp³-hybridized carbons (Fsp3) is 0.500. The van der Waals surface area contributed by atoms with Crippen LogP contribution >= 0.6 is 0 Å². The first-order valence-corrected chi connectivity index (χ1v) is 7.03. The zero-order valence-corrected chi connectivity index (χ0v) is 11.2. The van der Waals surface area contributed by atoms with Crippen LogP contribution < -0.4 is 0 Å². The Balaban J connectivity index is 1.97. The molecule has 0 amide bonds. The van der Waals surface area contributed by atoms with Gasteiger partial charge in [-0.3, -0.25) is 0 Å². The molecule has 0 bridgehead atoms. The van der Waals surface area contributed by atoms with Crippen LogP contribution in [-0.4, -0.2) is 29.1 Å². The molecule has 1 aliphatic heterocycles. The average Bonchev–Trinajstić information content (AvgIpc) is 2.70. The van der Waals surface area contributed by atoms with Crippen LogP contribution in [0.3, 0.4) is 0 Å². The Hall–Kier alpha value is -1.28. The number of aryl methyl sites for hydroxylation is 1. The number of piperidine rings is 1. The highest BCUT2D eigenvalue weighted by Crippen LogP contribution is 2.43. The Bertz CT molecular complexity index is 611. The largest absolute Gasteiger partial charge is 0.350 e. The van der Waals surface area contributed by atoms with Crippen LogP contribution in [-0.2, 0) is 13.5 Å². The van der Waals surface area contributed by atoms with Crippen LogP contribution in [0.4, 0.5) is 0 Å². The van der Waals surface area contributed by atoms with E-state index in [1.165, 1.54) is 31.3 Å². The predicted octanol–water partition coefficient (Wildman–Crippen LogP) is 2.91. The minimum absolute atomic E-state index is 0.722. The first-order valence-electron chi connectivity index (χ1n) is 7.03. The molecule has 2 aliphatic rings. The lowest BCUT2D eigenvalue weighted by molar-refractivity contribution is 0.157. The minimum Gasteiger partial charge on any atom is -0.350 e. The summed E-state index contributed by atoms with van der Waals surface area (Å²) in [6.07, 6.45) is 6.28. The SMILES string of the molecule is CN1CCCC2c3cccc4c3c(cn4C)CC21. The third kappa shape index (κ3) is 1.27. The molecule has 1 aliphatic carbocycles. The van der Waals surface area contributed by atoms with Crippen LogP contribution in [0.5, 0.6) is 0 Å². The molecule has 1 fully saturated rings. The number of rotatable bonds is 0. The summed E-state index contributed by atoms with van der Waals surface area (Å²) < 4.78 is 2.30. The molecule has 2 heteroatoms. The molecule has 1 aromatic heterocycles. The Labute approximate surface area is 108 Å². The van der Waals surface area contributed by atoms with Crippen molar-refractivity contribution in [3.63, 3.8) is 0 Å². The van der Waals surface area contributed by atoms with Gasteiger partial charge in [-0.1, -0.05) is 12.1 Å². The molecule has 2 atom stereocenters. The molecule has 1 aromatic carbocycles. The van der Waals surface area contributed by atoms with Crippen molar-refractivity contribution < 1.29 is 0 Å². The number of benzene rings is 1. The first-order chi connectivity index (χ1) is 8.75. The minimum atomic E-state index is 0.722. The number of fused-ring (bicyclic) bond motifs is 2. The summed E-state index contributed by atoms with van der Waals surface area (Å²) in [6.45, 7) is 1.26. The molecule has 0 saturated carbocycles. The van der Waals surface area contributed by atoms with E-state index in [1.54, 1.807) is 16.5 Å². The fourth-order valence-corrected chi connectivity index (χ4v) is 4.15. The van der Waals surface area contributed by atoms with E-state index in [4.69, 9.17) is 0 Å². The van der Waals surface area contributed by atoms with E-state index < -0.39 is 0 Å². The van der Waals surface area contributed by atoms with E-state index in [9.17, 15) is 0 Å². The van der Waals surface area contributed by atoms with Crippen LogP contribution in [0.15, 0.2) is 24.4 Å². The number of likely N-dealkylation sites (tertiary alicyclic amines) is 1. The van der Waals surface area contributed by atoms with E-state index >= 15 is 0 Å². The molecule has 0 N–H and O–H groups in total. The Kier molecular flexibility index (Phi) is 2.13. The zero-order valence-electron chi connectivity index (χ0n) is 11.2. The van der Waals surface area contributed by atoms with Crippen molar-refractivity contribution >= 4 is 10.9 Å². The third-order valence-electron chi connectivity index (χ3n) is 5.01. The standard InChI is InChI=1S/C16H20N2/c1-17-8-4-6-12-13-5-3-7-14-16(13)11(9-15(12)17)10-18(14)2/h3,5,7,10,12,15H,4,6,8-9H2,1-2H3. The Morgan fingerprint density at radius 1 is 1.22 bits per heavy atom. The summed E-state index contributed by atoms with van der Waals surface area (Å²) in [4.78, 5) is 2.57. The van der Waals surface area contributed by atoms with Gasteiger partial charge in [0, 0.05) is 36.1 Å². The number of hydrogen-bond donors (Lipinski definition) is 0. The van der Waals surface area contributed by atoms with Gasteiger partial charge in [-0.2, -0.15) is 0 Å². The van der Waals surface area contributed by atoms with Crippen LogP contribution in [0.1, 0.15) is 29.9 Å². The quantitative estimate of drug-likeness (QED) is 0.687. The Morgan fingerprint density at radius 3 is 3.00 bits per heavy atom. The van der Waals surface area contributed by atoms with Crippen molar-refractivity contribution in [3.05, 3.63) is 35.5 Å². The van der Waals surface area contributed by atoms with E-state index in [0.717, 1.165) is 12.0 Å². The van der Waals surface area contributed by atoms with Crippen LogP contribution in [0.2, 0.25) is 0 Å². The monoisotopic (exact) mass is 240 g/mol. The average molecular weight is 240 g/mol. The molecular weight excluding hydrogens is 220 g/mol. The molecule has 2 heterocycles. The molecule has 0 spiro atoms. The third-order valence-corrected chi connectivity index (χ3v) is 5.01. The summed E-state index contributed by atoms with van der Waals surface area (Å²) in [5, 5.41) is 1.55. The predicted molar refractivity (Wildman–Crippen MR) is 75.0 cm³/mol. The van der Waals surface area contributed by atoms with E-state index in [1.807, 2.05) is 0 Å². The maximum Gasteiger partial charge on any atom is 0.0483 e. The van der Waals surface area contributed by atoms with E-state index in [2.05, 4.69) is 48.0 Å². The van der Waals surface area contributed by atoms with Gasteiger partial charge in [-0.05, 0) is 50.0 Å². The summed E-state index contributed by atoms with van der Waals surface area (Å²) >= 11 is 0. The second kappa shape index (κ2) is 3.61. The van der Waals surface area contributed by atoms with Gasteiger partial charge >= 0.3 is 0 Å². The molecular formula is C16H20N2. The van der Waals surface area contributed by atoms with Crippen molar-refractivity contribution in [1.29, 1.82) is 0 Å². The molecule has 0 radical (unpaired) electrons. The van der Waals surface area contributed by atoms with Gasteiger partial charge in [0.1, 0.15) is 0 Å². The molecule has 2 nitrogen and oxygen atoms in total. The van der Waals surface area contributed by atoms with Crippen molar-refractivity contribution in [3.8, 4) is 0 Å². The van der Waals surface area contributed by atoms with Gasteiger partial charge in [0.15, 0.2) is 0 Å². The van der Waals surface area contributed by atoms with Gasteiger partial charge in [0.2, 0.25) is 0 Å². The second-order valence-corrected chi connectivity index (χ2v) is 6.01. The van der Waals surface area contributed by atoms with Gasteiger partial charge in [-0.25, -0.2) is 0 Å². The molecule has 2 unspecified atom stereocenters. The summed E-state index contributed by atoms with van der Waals surface area (Å²) in [7, 11) is 4.47. The lowest BCUT2D eigenvalue weighted by Gasteiger charge is -2.42. The van der Waals surface area contributed by atoms with Crippen molar-refractivity contribution in [2.75, 3.05) is 13.6 Å². The molecule has 2 aromatic rings. The van der Waals surface area contributed by atoms with Crippen molar-refractivity contribution in [1.82, 2.24) is 9.47 Å². The lowest BCUT2D eigenvalue weighted by atomic mass is 9.75. The molecule has 94 valence electrons. The zero-order chi connectivity index (χ0) is 12.3. The number of nitrogens with zero attached hydrogens (tertiary/aromatic N) is 2. The number of hydrogen-bond acceptors (Lipinski definition) is 1. The van der Waals surface area contributed by atoms with Crippen molar-refractivity contribution in [2.45, 2.75) is 31.2 Å². The van der Waals surface area contributed by atoms with Gasteiger partial charge < -0.3 is 9.47 Å². The van der Waals surface area contributed by atoms with E-state index in [-0.39, 0.29) is 0 Å². The summed E-state index contributed by atoms with van der Waals surface area (Å²) in [5.41, 5.74) is 4.57. The lowest BCUT2D eigenvalue weighted by Crippen LogP contribution is -2.44. The topological polar surface area (TPSA) is 8.17 Å². The van der Waals surface area contributed by atoms with Crippen LogP contribution in [0, 0.1) is 0 Å². The maximum atomic E-state index is 2.57. The number of aromatic nitrogens is 1. The summed E-state index contributed by atoms with van der Waals surface area (Å²) in [6, 6.07) is 7.58. The fourth-order valence-electron chi connectivity index (χ4n) is 4.15. The van der Waals surface area contributed by atoms with Gasteiger partial charge in [-0.15, -0.1) is 0 Å². The molecule has 1 saturated heterocycles.